The zero-order valence-electron chi connectivity index (χ0n) is 20.0. The minimum Gasteiger partial charge on any atom is -0.507 e. The molecule has 0 bridgehead atoms. The normalized spacial score (nSPS) is 12.0. The Morgan fingerprint density at radius 1 is 0.613 bits per heavy atom. The molecule has 3 aromatic carbocycles. The molecule has 0 saturated carbocycles. The highest BCUT2D eigenvalue weighted by Gasteiger charge is 2.32. The van der Waals surface area contributed by atoms with E-state index in [-0.39, 0.29) is 16.6 Å². The maximum Gasteiger partial charge on any atom is 0.132 e. The number of para-hydroxylation sites is 2. The number of aromatic hydroxyl groups is 1. The van der Waals surface area contributed by atoms with Gasteiger partial charge in [-0.3, -0.25) is 0 Å². The summed E-state index contributed by atoms with van der Waals surface area (Å²) in [5, 5.41) is 11.9. The Kier molecular flexibility index (Phi) is 6.09. The molecule has 1 N–H and O–H groups in total. The van der Waals surface area contributed by atoms with Crippen LogP contribution in [0.25, 0.3) is 22.3 Å². The Balaban J connectivity index is 2.55. The molecule has 3 nitrogen and oxygen atoms in total. The van der Waals surface area contributed by atoms with E-state index in [2.05, 4.69) is 47.6 Å². The lowest BCUT2D eigenvalue weighted by Gasteiger charge is -2.32. The summed E-state index contributed by atoms with van der Waals surface area (Å²) in [4.78, 5) is 0. The zero-order chi connectivity index (χ0) is 23.0. The zero-order valence-corrected chi connectivity index (χ0v) is 20.0. The molecule has 0 heterocycles. The quantitative estimate of drug-likeness (QED) is 0.482. The average Bonchev–Trinajstić information content (AvgIpc) is 2.71. The number of ether oxygens (including phenoxy) is 2. The summed E-state index contributed by atoms with van der Waals surface area (Å²) < 4.78 is 11.3. The molecule has 0 saturated heterocycles. The van der Waals surface area contributed by atoms with E-state index >= 15 is 0 Å². The predicted molar refractivity (Wildman–Crippen MR) is 129 cm³/mol. The summed E-state index contributed by atoms with van der Waals surface area (Å²) in [5.41, 5.74) is 5.15. The smallest absolute Gasteiger partial charge is 0.132 e. The second-order valence-corrected chi connectivity index (χ2v) is 9.97. The van der Waals surface area contributed by atoms with Gasteiger partial charge in [0.2, 0.25) is 0 Å². The van der Waals surface area contributed by atoms with E-state index in [1.807, 2.05) is 48.5 Å². The van der Waals surface area contributed by atoms with Gasteiger partial charge in [0.1, 0.15) is 17.2 Å². The van der Waals surface area contributed by atoms with Gasteiger partial charge < -0.3 is 14.6 Å². The molecule has 0 atom stereocenters. The molecule has 0 aliphatic heterocycles. The lowest BCUT2D eigenvalue weighted by Crippen LogP contribution is -2.19. The number of phenols is 1. The molecule has 31 heavy (non-hydrogen) atoms. The monoisotopic (exact) mass is 418 g/mol. The van der Waals surface area contributed by atoms with Crippen molar-refractivity contribution in [1.82, 2.24) is 0 Å². The predicted octanol–water partition coefficient (Wildman–Crippen LogP) is 7.34. The van der Waals surface area contributed by atoms with Gasteiger partial charge in [-0.1, -0.05) is 84.0 Å². The SMILES string of the molecule is COc1ccccc1-c1c(C(C)(C)C)cc(C(C)(C)C)c(-c2ccccc2OC)c1O. The topological polar surface area (TPSA) is 38.7 Å². The van der Waals surface area contributed by atoms with Crippen LogP contribution in [0.3, 0.4) is 0 Å². The number of rotatable bonds is 4. The van der Waals surface area contributed by atoms with Gasteiger partial charge in [0.15, 0.2) is 0 Å². The first kappa shape index (κ1) is 22.7. The molecule has 0 unspecified atom stereocenters. The largest absolute Gasteiger partial charge is 0.507 e. The maximum absolute atomic E-state index is 11.9. The molecular weight excluding hydrogens is 384 g/mol. The molecule has 0 aliphatic rings. The van der Waals surface area contributed by atoms with Crippen molar-refractivity contribution in [2.45, 2.75) is 52.4 Å². The second-order valence-electron chi connectivity index (χ2n) is 9.97. The van der Waals surface area contributed by atoms with Crippen molar-refractivity contribution < 1.29 is 14.6 Å². The highest BCUT2D eigenvalue weighted by atomic mass is 16.5. The summed E-state index contributed by atoms with van der Waals surface area (Å²) >= 11 is 0. The van der Waals surface area contributed by atoms with Crippen molar-refractivity contribution >= 4 is 0 Å². The molecule has 0 amide bonds. The second kappa shape index (κ2) is 8.30. The fourth-order valence-corrected chi connectivity index (χ4v) is 4.10. The molecule has 0 fully saturated rings. The van der Waals surface area contributed by atoms with Crippen LogP contribution in [0.2, 0.25) is 0 Å². The highest BCUT2D eigenvalue weighted by Crippen LogP contribution is 2.52. The standard InChI is InChI=1S/C28H34O3/c1-27(2,3)20-17-21(28(4,5)6)25(19-14-10-12-16-23(19)31-8)26(29)24(20)18-13-9-11-15-22(18)30-7/h9-17,29H,1-8H3. The van der Waals surface area contributed by atoms with Gasteiger partial charge in [0.25, 0.3) is 0 Å². The fraction of sp³-hybridized carbons (Fsp3) is 0.357. The third kappa shape index (κ3) is 4.27. The Morgan fingerprint density at radius 2 is 0.968 bits per heavy atom. The molecule has 3 rings (SSSR count). The number of hydrogen-bond donors (Lipinski definition) is 1. The minimum absolute atomic E-state index is 0.188. The van der Waals surface area contributed by atoms with Crippen molar-refractivity contribution in [3.63, 3.8) is 0 Å². The Morgan fingerprint density at radius 3 is 1.29 bits per heavy atom. The van der Waals surface area contributed by atoms with Crippen LogP contribution in [-0.4, -0.2) is 19.3 Å². The van der Waals surface area contributed by atoms with Crippen LogP contribution in [0.1, 0.15) is 52.7 Å². The van der Waals surface area contributed by atoms with E-state index in [1.165, 1.54) is 0 Å². The van der Waals surface area contributed by atoms with Gasteiger partial charge in [0.05, 0.1) is 14.2 Å². The number of benzene rings is 3. The van der Waals surface area contributed by atoms with Crippen LogP contribution >= 0.6 is 0 Å². The highest BCUT2D eigenvalue weighted by molar-refractivity contribution is 5.91. The van der Waals surface area contributed by atoms with Crippen LogP contribution in [0.15, 0.2) is 54.6 Å². The minimum atomic E-state index is -0.188. The molecule has 0 aliphatic carbocycles. The average molecular weight is 419 g/mol. The lowest BCUT2D eigenvalue weighted by atomic mass is 9.73. The van der Waals surface area contributed by atoms with Crippen LogP contribution in [0.5, 0.6) is 17.2 Å². The molecular formula is C28H34O3. The van der Waals surface area contributed by atoms with E-state index in [1.54, 1.807) is 14.2 Å². The number of methoxy groups -OCH3 is 2. The van der Waals surface area contributed by atoms with Gasteiger partial charge in [-0.15, -0.1) is 0 Å². The van der Waals surface area contributed by atoms with E-state index in [9.17, 15) is 5.11 Å². The first-order chi connectivity index (χ1) is 14.5. The third-order valence-corrected chi connectivity index (χ3v) is 5.67. The third-order valence-electron chi connectivity index (χ3n) is 5.67. The summed E-state index contributed by atoms with van der Waals surface area (Å²) in [6.45, 7) is 13.1. The van der Waals surface area contributed by atoms with Crippen molar-refractivity contribution in [1.29, 1.82) is 0 Å². The van der Waals surface area contributed by atoms with Crippen LogP contribution < -0.4 is 9.47 Å². The molecule has 0 radical (unpaired) electrons. The Hall–Kier alpha value is -2.94. The van der Waals surface area contributed by atoms with Crippen LogP contribution in [-0.2, 0) is 10.8 Å². The maximum atomic E-state index is 11.9. The van der Waals surface area contributed by atoms with Crippen molar-refractivity contribution in [3.05, 3.63) is 65.7 Å². The molecule has 164 valence electrons. The summed E-state index contributed by atoms with van der Waals surface area (Å²) in [6, 6.07) is 18.0. The van der Waals surface area contributed by atoms with Crippen LogP contribution in [0.4, 0.5) is 0 Å². The summed E-state index contributed by atoms with van der Waals surface area (Å²) in [5.74, 6) is 1.72. The van der Waals surface area contributed by atoms with E-state index in [0.717, 1.165) is 44.9 Å². The Bertz CT molecular complexity index is 999. The molecule has 3 aromatic rings. The lowest BCUT2D eigenvalue weighted by molar-refractivity contribution is 0.414. The van der Waals surface area contributed by atoms with Crippen LogP contribution in [0, 0.1) is 0 Å². The number of phenolic OH excluding ortho intramolecular Hbond substituents is 1. The molecule has 0 spiro atoms. The number of hydrogen-bond acceptors (Lipinski definition) is 3. The van der Waals surface area contributed by atoms with Crippen molar-refractivity contribution in [2.24, 2.45) is 0 Å². The van der Waals surface area contributed by atoms with Crippen molar-refractivity contribution in [2.75, 3.05) is 14.2 Å². The Labute approximate surface area is 186 Å². The molecule has 0 aromatic heterocycles. The van der Waals surface area contributed by atoms with E-state index < -0.39 is 0 Å². The summed E-state index contributed by atoms with van der Waals surface area (Å²) in [6.07, 6.45) is 0. The fourth-order valence-electron chi connectivity index (χ4n) is 4.10. The van der Waals surface area contributed by atoms with E-state index in [4.69, 9.17) is 9.47 Å². The van der Waals surface area contributed by atoms with Gasteiger partial charge >= 0.3 is 0 Å². The summed E-state index contributed by atoms with van der Waals surface area (Å²) in [7, 11) is 3.33. The van der Waals surface area contributed by atoms with Crippen molar-refractivity contribution in [3.8, 4) is 39.5 Å². The van der Waals surface area contributed by atoms with Gasteiger partial charge in [0, 0.05) is 22.3 Å². The molecule has 3 heteroatoms. The van der Waals surface area contributed by atoms with Gasteiger partial charge in [-0.25, -0.2) is 0 Å². The van der Waals surface area contributed by atoms with Gasteiger partial charge in [-0.2, -0.15) is 0 Å². The van der Waals surface area contributed by atoms with E-state index in [0.29, 0.717) is 0 Å². The first-order valence-corrected chi connectivity index (χ1v) is 10.7. The van der Waals surface area contributed by atoms with Gasteiger partial charge in [-0.05, 0) is 34.1 Å². The first-order valence-electron chi connectivity index (χ1n) is 10.7.